The van der Waals surface area contributed by atoms with Crippen molar-refractivity contribution >= 4 is 23.0 Å². The number of nitrogens with zero attached hydrogens (tertiary/aromatic N) is 1. The van der Waals surface area contributed by atoms with Crippen molar-refractivity contribution in [3.63, 3.8) is 0 Å². The number of nitro benzene ring substituents is 1. The fraction of sp³-hybridized carbons (Fsp3) is 0.500. The van der Waals surface area contributed by atoms with Crippen LogP contribution in [0.15, 0.2) is 12.1 Å². The summed E-state index contributed by atoms with van der Waals surface area (Å²) < 4.78 is 5.21. The Bertz CT molecular complexity index is 584. The van der Waals surface area contributed by atoms with Crippen molar-refractivity contribution in [3.05, 3.63) is 22.2 Å². The molecule has 112 valence electrons. The number of carbonyl (C=O) groups excluding carboxylic acids is 1. The van der Waals surface area contributed by atoms with Gasteiger partial charge in [-0.2, -0.15) is 0 Å². The highest BCUT2D eigenvalue weighted by atomic mass is 16.6. The van der Waals surface area contributed by atoms with E-state index in [-0.39, 0.29) is 18.2 Å². The zero-order chi connectivity index (χ0) is 14.8. The van der Waals surface area contributed by atoms with Gasteiger partial charge in [-0.05, 0) is 18.4 Å². The minimum absolute atomic E-state index is 0.0292. The van der Waals surface area contributed by atoms with Crippen molar-refractivity contribution in [1.82, 2.24) is 0 Å². The third kappa shape index (κ3) is 2.91. The number of fused-ring (bicyclic) bond motifs is 1. The number of benzene rings is 1. The molecular weight excluding hydrogens is 274 g/mol. The van der Waals surface area contributed by atoms with Crippen LogP contribution in [-0.2, 0) is 4.79 Å². The van der Waals surface area contributed by atoms with Gasteiger partial charge in [0.05, 0.1) is 16.7 Å². The van der Waals surface area contributed by atoms with E-state index in [0.29, 0.717) is 23.7 Å². The molecule has 0 bridgehead atoms. The number of nitro groups is 1. The Morgan fingerprint density at radius 2 is 2.24 bits per heavy atom. The summed E-state index contributed by atoms with van der Waals surface area (Å²) in [4.78, 5) is 22.0. The number of rotatable bonds is 5. The van der Waals surface area contributed by atoms with E-state index in [9.17, 15) is 14.9 Å². The number of carbonyl (C=O) groups is 1. The molecule has 1 aliphatic carbocycles. The topological polar surface area (TPSA) is 93.5 Å². The van der Waals surface area contributed by atoms with Crippen LogP contribution in [-0.4, -0.2) is 24.0 Å². The molecule has 0 unspecified atom stereocenters. The molecule has 2 N–H and O–H groups in total. The monoisotopic (exact) mass is 291 g/mol. The molecule has 1 aromatic rings. The first-order valence-corrected chi connectivity index (χ1v) is 7.12. The number of nitrogens with one attached hydrogen (secondary N) is 2. The van der Waals surface area contributed by atoms with Crippen molar-refractivity contribution in [3.8, 4) is 5.75 Å². The maximum Gasteiger partial charge on any atom is 0.296 e. The fourth-order valence-corrected chi connectivity index (χ4v) is 2.60. The van der Waals surface area contributed by atoms with Crippen LogP contribution in [0.3, 0.4) is 0 Å². The van der Waals surface area contributed by atoms with Crippen LogP contribution in [0.25, 0.3) is 0 Å². The Balaban J connectivity index is 1.77. The Morgan fingerprint density at radius 3 is 2.90 bits per heavy atom. The first-order chi connectivity index (χ1) is 10.1. The van der Waals surface area contributed by atoms with Crippen LogP contribution < -0.4 is 15.4 Å². The first-order valence-electron chi connectivity index (χ1n) is 7.12. The van der Waals surface area contributed by atoms with Crippen molar-refractivity contribution in [1.29, 1.82) is 0 Å². The van der Waals surface area contributed by atoms with Crippen LogP contribution in [0.2, 0.25) is 0 Å². The number of hydrogen-bond donors (Lipinski definition) is 2. The molecule has 1 amide bonds. The summed E-state index contributed by atoms with van der Waals surface area (Å²) in [6, 6.07) is 2.94. The van der Waals surface area contributed by atoms with Gasteiger partial charge in [-0.3, -0.25) is 14.9 Å². The van der Waals surface area contributed by atoms with Crippen molar-refractivity contribution in [2.75, 3.05) is 23.8 Å². The van der Waals surface area contributed by atoms with Crippen LogP contribution in [0, 0.1) is 16.0 Å². The third-order valence-electron chi connectivity index (χ3n) is 4.02. The van der Waals surface area contributed by atoms with E-state index < -0.39 is 4.92 Å². The van der Waals surface area contributed by atoms with E-state index in [1.807, 2.05) is 0 Å². The van der Waals surface area contributed by atoms with Crippen LogP contribution in [0.1, 0.15) is 25.7 Å². The molecule has 7 nitrogen and oxygen atoms in total. The Hall–Kier alpha value is -2.31. The van der Waals surface area contributed by atoms with Gasteiger partial charge in [-0.25, -0.2) is 0 Å². The molecule has 0 radical (unpaired) electrons. The van der Waals surface area contributed by atoms with Crippen LogP contribution in [0.5, 0.6) is 5.75 Å². The second-order valence-corrected chi connectivity index (χ2v) is 5.47. The highest BCUT2D eigenvalue weighted by Crippen LogP contribution is 2.38. The number of amides is 1. The summed E-state index contributed by atoms with van der Waals surface area (Å²) in [5, 5.41) is 16.9. The first kappa shape index (κ1) is 13.7. The van der Waals surface area contributed by atoms with E-state index in [1.54, 1.807) is 6.07 Å². The van der Waals surface area contributed by atoms with Gasteiger partial charge < -0.3 is 15.4 Å². The lowest BCUT2D eigenvalue weighted by molar-refractivity contribution is -0.384. The minimum atomic E-state index is -0.439. The maximum atomic E-state index is 11.3. The molecule has 0 saturated heterocycles. The van der Waals surface area contributed by atoms with E-state index in [4.69, 9.17) is 4.74 Å². The molecule has 0 atom stereocenters. The average molecular weight is 291 g/mol. The van der Waals surface area contributed by atoms with E-state index in [1.165, 1.54) is 25.3 Å². The van der Waals surface area contributed by atoms with E-state index in [0.717, 1.165) is 12.3 Å². The second kappa shape index (κ2) is 5.59. The molecule has 3 rings (SSSR count). The molecule has 0 aromatic heterocycles. The molecule has 1 saturated carbocycles. The second-order valence-electron chi connectivity index (χ2n) is 5.47. The van der Waals surface area contributed by atoms with E-state index >= 15 is 0 Å². The largest absolute Gasteiger partial charge is 0.481 e. The molecule has 21 heavy (non-hydrogen) atoms. The summed E-state index contributed by atoms with van der Waals surface area (Å²) in [6.07, 6.45) is 4.79. The molecule has 1 aromatic carbocycles. The number of anilines is 2. The molecule has 7 heteroatoms. The van der Waals surface area contributed by atoms with Gasteiger partial charge in [0.1, 0.15) is 5.69 Å². The molecular formula is C14H17N3O4. The smallest absolute Gasteiger partial charge is 0.296 e. The van der Waals surface area contributed by atoms with Gasteiger partial charge in [-0.15, -0.1) is 0 Å². The van der Waals surface area contributed by atoms with Gasteiger partial charge >= 0.3 is 0 Å². The maximum absolute atomic E-state index is 11.3. The van der Waals surface area contributed by atoms with Crippen molar-refractivity contribution in [2.45, 2.75) is 25.7 Å². The number of ether oxygens (including phenoxy) is 1. The van der Waals surface area contributed by atoms with Crippen LogP contribution >= 0.6 is 0 Å². The molecule has 1 fully saturated rings. The Labute approximate surface area is 121 Å². The zero-order valence-electron chi connectivity index (χ0n) is 11.6. The lowest BCUT2D eigenvalue weighted by Gasteiger charge is -2.25. The van der Waals surface area contributed by atoms with Gasteiger partial charge in [0.15, 0.2) is 12.4 Å². The quantitative estimate of drug-likeness (QED) is 0.642. The van der Waals surface area contributed by atoms with Gasteiger partial charge in [0, 0.05) is 6.54 Å². The standard InChI is InChI=1S/C14H17N3O4/c18-14-8-21-13-7-12(17(19)20)10(6-11(13)16-14)15-5-4-9-2-1-3-9/h6-7,9,15H,1-5,8H2,(H,16,18). The Morgan fingerprint density at radius 1 is 1.43 bits per heavy atom. The molecule has 1 heterocycles. The lowest BCUT2D eigenvalue weighted by atomic mass is 9.83. The predicted molar refractivity (Wildman–Crippen MR) is 77.7 cm³/mol. The van der Waals surface area contributed by atoms with Gasteiger partial charge in [0.25, 0.3) is 11.6 Å². The third-order valence-corrected chi connectivity index (χ3v) is 4.02. The lowest BCUT2D eigenvalue weighted by Crippen LogP contribution is -2.25. The predicted octanol–water partition coefficient (Wildman–Crippen LogP) is 2.53. The molecule has 0 spiro atoms. The van der Waals surface area contributed by atoms with Crippen LogP contribution in [0.4, 0.5) is 17.1 Å². The van der Waals surface area contributed by atoms with Crippen molar-refractivity contribution < 1.29 is 14.5 Å². The normalized spacial score (nSPS) is 17.2. The fourth-order valence-electron chi connectivity index (χ4n) is 2.60. The number of hydrogen-bond acceptors (Lipinski definition) is 5. The summed E-state index contributed by atoms with van der Waals surface area (Å²) in [5.41, 5.74) is 0.866. The Kier molecular flexibility index (Phi) is 3.64. The summed E-state index contributed by atoms with van der Waals surface area (Å²) >= 11 is 0. The zero-order valence-corrected chi connectivity index (χ0v) is 11.6. The SMILES string of the molecule is O=C1COc2cc([N+](=O)[O-])c(NCCC3CCC3)cc2N1. The minimum Gasteiger partial charge on any atom is -0.481 e. The molecule has 2 aliphatic rings. The van der Waals surface area contributed by atoms with Crippen molar-refractivity contribution in [2.24, 2.45) is 5.92 Å². The average Bonchev–Trinajstić information content (AvgIpc) is 2.40. The highest BCUT2D eigenvalue weighted by Gasteiger charge is 2.24. The summed E-state index contributed by atoms with van der Waals surface area (Å²) in [6.45, 7) is 0.581. The molecule has 1 aliphatic heterocycles. The van der Waals surface area contributed by atoms with Gasteiger partial charge in [0.2, 0.25) is 0 Å². The highest BCUT2D eigenvalue weighted by molar-refractivity contribution is 5.96. The van der Waals surface area contributed by atoms with Gasteiger partial charge in [-0.1, -0.05) is 19.3 Å². The van der Waals surface area contributed by atoms with E-state index in [2.05, 4.69) is 10.6 Å². The summed E-state index contributed by atoms with van der Waals surface area (Å²) in [7, 11) is 0. The summed E-state index contributed by atoms with van der Waals surface area (Å²) in [5.74, 6) is 0.819.